The van der Waals surface area contributed by atoms with Crippen molar-refractivity contribution in [3.8, 4) is 33.5 Å². The van der Waals surface area contributed by atoms with Gasteiger partial charge in [0.15, 0.2) is 6.20 Å². The third kappa shape index (κ3) is 4.66. The van der Waals surface area contributed by atoms with Crippen LogP contribution in [0.25, 0.3) is 33.5 Å². The smallest absolute Gasteiger partial charge is 0.201 e. The fraction of sp³-hybridized carbons (Fsp3) is 0.425. The van der Waals surface area contributed by atoms with Crippen LogP contribution in [0.1, 0.15) is 124 Å². The minimum absolute atomic E-state index is 0.661. The lowest BCUT2D eigenvalue weighted by molar-refractivity contribution is -0.660. The summed E-state index contributed by atoms with van der Waals surface area (Å²) < 4.78 is 47.9. The molecule has 210 valence electrons. The summed E-state index contributed by atoms with van der Waals surface area (Å²) in [4.78, 5) is 0. The molecule has 0 amide bonds. The number of benzene rings is 3. The van der Waals surface area contributed by atoms with E-state index in [1.807, 2.05) is 6.92 Å². The first-order valence-electron chi connectivity index (χ1n) is 18.3. The largest absolute Gasteiger partial charge is 0.213 e. The minimum atomic E-state index is -2.29. The third-order valence-corrected chi connectivity index (χ3v) is 10.1. The number of fused-ring (bicyclic) bond motifs is 3. The van der Waals surface area contributed by atoms with Crippen LogP contribution in [-0.4, -0.2) is 0 Å². The van der Waals surface area contributed by atoms with Gasteiger partial charge in [0, 0.05) is 29.5 Å². The second-order valence-electron chi connectivity index (χ2n) is 12.9. The quantitative estimate of drug-likeness (QED) is 0.225. The molecular weight excluding hydrogens is 494 g/mol. The van der Waals surface area contributed by atoms with Crippen LogP contribution in [0.5, 0.6) is 0 Å². The highest BCUT2D eigenvalue weighted by molar-refractivity contribution is 5.85. The Hall–Kier alpha value is -3.19. The highest BCUT2D eigenvalue weighted by Gasteiger charge is 2.37. The SMILES string of the molecule is [2H]C1(c2ccc3c(c2)C(C)(C([2H])([2H])[2H])c2cc(-c4cc(-c5ccccc5C)[n+](C)cc4C4([2H])CCCCC4)ccc2-3)CCCCC1. The molecule has 1 heterocycles. The van der Waals surface area contributed by atoms with Crippen LogP contribution < -0.4 is 4.57 Å². The highest BCUT2D eigenvalue weighted by atomic mass is 14.9. The first-order valence-corrected chi connectivity index (χ1v) is 15.8. The van der Waals surface area contributed by atoms with Gasteiger partial charge < -0.3 is 0 Å². The average Bonchev–Trinajstić information content (AvgIpc) is 3.30. The molecule has 41 heavy (non-hydrogen) atoms. The van der Waals surface area contributed by atoms with Crippen molar-refractivity contribution in [2.75, 3.05) is 0 Å². The second kappa shape index (κ2) is 10.6. The van der Waals surface area contributed by atoms with Crippen molar-refractivity contribution in [3.63, 3.8) is 0 Å². The fourth-order valence-corrected chi connectivity index (χ4v) is 7.73. The summed E-state index contributed by atoms with van der Waals surface area (Å²) in [6.07, 6.45) is 12.0. The molecule has 2 saturated carbocycles. The first kappa shape index (κ1) is 21.5. The van der Waals surface area contributed by atoms with Gasteiger partial charge in [0.2, 0.25) is 5.69 Å². The maximum atomic E-state index is 9.72. The number of aryl methyl sites for hydroxylation is 2. The molecule has 1 nitrogen and oxygen atoms in total. The van der Waals surface area contributed by atoms with E-state index < -0.39 is 24.1 Å². The first-order chi connectivity index (χ1) is 21.9. The summed E-state index contributed by atoms with van der Waals surface area (Å²) in [5, 5.41) is 0. The van der Waals surface area contributed by atoms with E-state index in [9.17, 15) is 2.74 Å². The Morgan fingerprint density at radius 2 is 1.39 bits per heavy atom. The molecule has 0 radical (unpaired) electrons. The molecule has 4 aromatic rings. The van der Waals surface area contributed by atoms with Gasteiger partial charge in [-0.25, -0.2) is 4.57 Å². The fourth-order valence-electron chi connectivity index (χ4n) is 7.73. The van der Waals surface area contributed by atoms with Crippen molar-refractivity contribution in [2.24, 2.45) is 7.05 Å². The van der Waals surface area contributed by atoms with Crippen molar-refractivity contribution in [1.82, 2.24) is 0 Å². The molecule has 0 aliphatic heterocycles. The summed E-state index contributed by atoms with van der Waals surface area (Å²) in [5.74, 6) is -1.35. The van der Waals surface area contributed by atoms with Crippen molar-refractivity contribution in [1.29, 1.82) is 0 Å². The van der Waals surface area contributed by atoms with Gasteiger partial charge in [-0.05, 0) is 101 Å². The van der Waals surface area contributed by atoms with E-state index in [-0.39, 0.29) is 0 Å². The molecule has 3 aromatic carbocycles. The minimum Gasteiger partial charge on any atom is -0.201 e. The Morgan fingerprint density at radius 3 is 2.10 bits per heavy atom. The number of rotatable bonds is 4. The summed E-state index contributed by atoms with van der Waals surface area (Å²) in [6.45, 7) is 1.73. The average molecular weight is 546 g/mol. The van der Waals surface area contributed by atoms with Gasteiger partial charge in [0.25, 0.3) is 0 Å². The highest BCUT2D eigenvalue weighted by Crippen LogP contribution is 2.51. The maximum absolute atomic E-state index is 9.72. The zero-order valence-electron chi connectivity index (χ0n) is 29.9. The van der Waals surface area contributed by atoms with Crippen LogP contribution in [0.3, 0.4) is 0 Å². The molecule has 7 rings (SSSR count). The van der Waals surface area contributed by atoms with Gasteiger partial charge in [0.05, 0.1) is 0 Å². The van der Waals surface area contributed by atoms with Crippen molar-refractivity contribution < 1.29 is 11.4 Å². The van der Waals surface area contributed by atoms with Crippen LogP contribution in [0.2, 0.25) is 0 Å². The molecule has 1 unspecified atom stereocenters. The normalized spacial score (nSPS) is 24.7. The topological polar surface area (TPSA) is 3.88 Å². The molecule has 1 aromatic heterocycles. The van der Waals surface area contributed by atoms with Gasteiger partial charge in [-0.3, -0.25) is 0 Å². The molecule has 0 spiro atoms. The molecule has 0 saturated heterocycles. The molecule has 2 fully saturated rings. The van der Waals surface area contributed by atoms with Crippen molar-refractivity contribution in [3.05, 3.63) is 101 Å². The van der Waals surface area contributed by atoms with Gasteiger partial charge in [-0.1, -0.05) is 101 Å². The number of pyridine rings is 1. The molecule has 1 atom stereocenters. The Balaban J connectivity index is 1.43. The van der Waals surface area contributed by atoms with E-state index in [1.165, 1.54) is 12.0 Å². The zero-order valence-corrected chi connectivity index (χ0v) is 24.9. The Labute approximate surface area is 254 Å². The molecule has 0 N–H and O–H groups in total. The number of nitrogens with zero attached hydrogens (tertiary/aromatic N) is 1. The van der Waals surface area contributed by atoms with Crippen LogP contribution in [0, 0.1) is 6.92 Å². The Kier molecular flexibility index (Phi) is 5.55. The summed E-state index contributed by atoms with van der Waals surface area (Å²) in [5.41, 5.74) is 9.74. The van der Waals surface area contributed by atoms with E-state index in [4.69, 9.17) is 4.11 Å². The predicted octanol–water partition coefficient (Wildman–Crippen LogP) is 10.6. The summed E-state index contributed by atoms with van der Waals surface area (Å²) in [6, 6.07) is 23.2. The van der Waals surface area contributed by atoms with Crippen LogP contribution >= 0.6 is 0 Å². The lowest BCUT2D eigenvalue weighted by Gasteiger charge is -2.26. The molecule has 3 aliphatic rings. The van der Waals surface area contributed by atoms with E-state index in [1.54, 1.807) is 0 Å². The molecule has 3 aliphatic carbocycles. The Bertz CT molecular complexity index is 1810. The lowest BCUT2D eigenvalue weighted by Crippen LogP contribution is -2.32. The van der Waals surface area contributed by atoms with Gasteiger partial charge in [-0.2, -0.15) is 0 Å². The Morgan fingerprint density at radius 1 is 0.732 bits per heavy atom. The van der Waals surface area contributed by atoms with Crippen molar-refractivity contribution in [2.45, 2.75) is 102 Å². The van der Waals surface area contributed by atoms with E-state index >= 15 is 0 Å². The molecule has 0 bridgehead atoms. The standard InChI is InChI=1S/C40H46N/c1-27-13-11-12-18-32(27)39-25-35(36(26-41(39)4)29-16-9-6-10-17-29)31-20-22-34-33-21-19-30(28-14-7-5-8-15-28)23-37(33)40(2,3)38(34)24-31/h11-13,18-26,28-29H,5-10,14-17H2,1-4H3/q+1/i2D3,28D,29D. The summed E-state index contributed by atoms with van der Waals surface area (Å²) in [7, 11) is 2.08. The number of aromatic nitrogens is 1. The second-order valence-corrected chi connectivity index (χ2v) is 12.9. The van der Waals surface area contributed by atoms with Crippen molar-refractivity contribution >= 4 is 0 Å². The van der Waals surface area contributed by atoms with Crippen LogP contribution in [0.4, 0.5) is 0 Å². The summed E-state index contributed by atoms with van der Waals surface area (Å²) >= 11 is 0. The van der Waals surface area contributed by atoms with Crippen LogP contribution in [-0.2, 0) is 12.5 Å². The zero-order chi connectivity index (χ0) is 32.5. The lowest BCUT2D eigenvalue weighted by atomic mass is 9.78. The molecular formula is C40H46N+. The number of hydrogen-bond donors (Lipinski definition) is 0. The molecule has 1 heteroatoms. The van der Waals surface area contributed by atoms with Gasteiger partial charge in [-0.15, -0.1) is 0 Å². The van der Waals surface area contributed by atoms with E-state index in [2.05, 4.69) is 91.5 Å². The van der Waals surface area contributed by atoms with Crippen LogP contribution in [0.15, 0.2) is 72.9 Å². The monoisotopic (exact) mass is 545 g/mol. The van der Waals surface area contributed by atoms with Gasteiger partial charge >= 0.3 is 0 Å². The van der Waals surface area contributed by atoms with E-state index in [0.29, 0.717) is 0 Å². The van der Waals surface area contributed by atoms with Gasteiger partial charge in [0.1, 0.15) is 7.05 Å². The predicted molar refractivity (Wildman–Crippen MR) is 172 cm³/mol. The number of hydrogen-bond acceptors (Lipinski definition) is 0. The maximum Gasteiger partial charge on any atom is 0.213 e. The third-order valence-electron chi connectivity index (χ3n) is 10.1. The van der Waals surface area contributed by atoms with E-state index in [0.717, 1.165) is 114 Å².